The van der Waals surface area contributed by atoms with Gasteiger partial charge in [-0.25, -0.2) is 9.97 Å². The quantitative estimate of drug-likeness (QED) is 0.512. The molecule has 0 spiro atoms. The lowest BCUT2D eigenvalue weighted by molar-refractivity contribution is -0.119. The van der Waals surface area contributed by atoms with Crippen LogP contribution in [0.5, 0.6) is 0 Å². The number of carbonyl (C=O) groups is 1. The zero-order valence-electron chi connectivity index (χ0n) is 17.5. The summed E-state index contributed by atoms with van der Waals surface area (Å²) in [7, 11) is 0. The second kappa shape index (κ2) is 9.93. The highest BCUT2D eigenvalue weighted by molar-refractivity contribution is 5.82. The fourth-order valence-corrected chi connectivity index (χ4v) is 3.99. The van der Waals surface area contributed by atoms with E-state index in [0.29, 0.717) is 23.2 Å². The number of hydrogen-bond acceptors (Lipinski definition) is 6. The van der Waals surface area contributed by atoms with Crippen molar-refractivity contribution in [2.45, 2.75) is 25.7 Å². The molecule has 1 fully saturated rings. The number of nitrogens with zero attached hydrogens (tertiary/aromatic N) is 3. The minimum Gasteiger partial charge on any atom is -0.393 e. The van der Waals surface area contributed by atoms with Gasteiger partial charge >= 0.3 is 0 Å². The average molecular weight is 417 g/mol. The third kappa shape index (κ3) is 5.51. The summed E-state index contributed by atoms with van der Waals surface area (Å²) in [4.78, 5) is 23.0. The zero-order chi connectivity index (χ0) is 21.5. The molecule has 2 heterocycles. The molecule has 0 bridgehead atoms. The third-order valence-corrected chi connectivity index (χ3v) is 5.67. The molecule has 7 nitrogen and oxygen atoms in total. The molecule has 1 aromatic heterocycles. The number of aromatic nitrogens is 2. The molecule has 3 aromatic rings. The average Bonchev–Trinajstić information content (AvgIpc) is 2.80. The number of nitrogens with one attached hydrogen (secondary N) is 2. The molecule has 160 valence electrons. The van der Waals surface area contributed by atoms with Crippen LogP contribution >= 0.6 is 0 Å². The van der Waals surface area contributed by atoms with Crippen LogP contribution in [0.2, 0.25) is 0 Å². The Balaban J connectivity index is 1.32. The minimum atomic E-state index is -0.160. The number of rotatable bonds is 7. The number of amides is 1. The molecule has 0 saturated carbocycles. The molecule has 0 unspecified atom stereocenters. The van der Waals surface area contributed by atoms with E-state index in [9.17, 15) is 4.79 Å². The van der Waals surface area contributed by atoms with Gasteiger partial charge < -0.3 is 10.6 Å². The second-order valence-corrected chi connectivity index (χ2v) is 7.92. The maximum Gasteiger partial charge on any atom is 0.242 e. The predicted molar refractivity (Wildman–Crippen MR) is 123 cm³/mol. The van der Waals surface area contributed by atoms with E-state index < -0.39 is 0 Å². The molecule has 7 heteroatoms. The number of benzene rings is 2. The molecule has 4 rings (SSSR count). The van der Waals surface area contributed by atoms with Crippen molar-refractivity contribution in [3.05, 3.63) is 78.1 Å². The molecule has 1 amide bonds. The SMILES string of the molecule is Nc1c(NNC(=O)Cc2ccccc2)ncnc1N1CCC(Cc2ccccc2)CC1. The Morgan fingerprint density at radius 2 is 1.61 bits per heavy atom. The highest BCUT2D eigenvalue weighted by Gasteiger charge is 2.23. The summed E-state index contributed by atoms with van der Waals surface area (Å²) in [6.07, 6.45) is 5.05. The molecule has 0 aliphatic carbocycles. The van der Waals surface area contributed by atoms with E-state index in [1.807, 2.05) is 30.3 Å². The van der Waals surface area contributed by atoms with Crippen LogP contribution in [0.1, 0.15) is 24.0 Å². The normalized spacial score (nSPS) is 14.3. The van der Waals surface area contributed by atoms with Crippen LogP contribution in [-0.2, 0) is 17.6 Å². The molecule has 4 N–H and O–H groups in total. The first-order valence-corrected chi connectivity index (χ1v) is 10.7. The Kier molecular flexibility index (Phi) is 6.62. The van der Waals surface area contributed by atoms with Gasteiger partial charge in [0.2, 0.25) is 5.91 Å². The summed E-state index contributed by atoms with van der Waals surface area (Å²) in [6.45, 7) is 1.80. The minimum absolute atomic E-state index is 0.160. The Morgan fingerprint density at radius 1 is 0.968 bits per heavy atom. The van der Waals surface area contributed by atoms with Crippen LogP contribution in [0.15, 0.2) is 67.0 Å². The Bertz CT molecular complexity index is 987. The van der Waals surface area contributed by atoms with Crippen LogP contribution in [0.4, 0.5) is 17.3 Å². The van der Waals surface area contributed by atoms with E-state index in [-0.39, 0.29) is 12.3 Å². The molecular weight excluding hydrogens is 388 g/mol. The summed E-state index contributed by atoms with van der Waals surface area (Å²) < 4.78 is 0. The summed E-state index contributed by atoms with van der Waals surface area (Å²) >= 11 is 0. The molecule has 2 aromatic carbocycles. The van der Waals surface area contributed by atoms with Crippen LogP contribution in [-0.4, -0.2) is 29.0 Å². The summed E-state index contributed by atoms with van der Waals surface area (Å²) in [5.74, 6) is 1.63. The van der Waals surface area contributed by atoms with E-state index >= 15 is 0 Å². The summed E-state index contributed by atoms with van der Waals surface area (Å²) in [5, 5.41) is 0. The van der Waals surface area contributed by atoms with Gasteiger partial charge in [-0.05, 0) is 36.3 Å². The first-order valence-electron chi connectivity index (χ1n) is 10.7. The number of nitrogen functional groups attached to an aromatic ring is 1. The lowest BCUT2D eigenvalue weighted by atomic mass is 9.90. The lowest BCUT2D eigenvalue weighted by Gasteiger charge is -2.33. The van der Waals surface area contributed by atoms with Crippen molar-refractivity contribution < 1.29 is 4.79 Å². The van der Waals surface area contributed by atoms with Crippen molar-refractivity contribution in [3.63, 3.8) is 0 Å². The van der Waals surface area contributed by atoms with Crippen LogP contribution in [0, 0.1) is 5.92 Å². The van der Waals surface area contributed by atoms with Gasteiger partial charge in [0.05, 0.1) is 6.42 Å². The van der Waals surface area contributed by atoms with Gasteiger partial charge in [0.1, 0.15) is 12.0 Å². The van der Waals surface area contributed by atoms with Crippen LogP contribution in [0.25, 0.3) is 0 Å². The Hall–Kier alpha value is -3.61. The monoisotopic (exact) mass is 416 g/mol. The van der Waals surface area contributed by atoms with E-state index in [2.05, 4.69) is 56.1 Å². The zero-order valence-corrected chi connectivity index (χ0v) is 17.5. The summed E-state index contributed by atoms with van der Waals surface area (Å²) in [5.41, 5.74) is 14.6. The number of piperidine rings is 1. The van der Waals surface area contributed by atoms with Crippen molar-refractivity contribution in [1.82, 2.24) is 15.4 Å². The first kappa shape index (κ1) is 20.7. The van der Waals surface area contributed by atoms with Gasteiger partial charge in [0.25, 0.3) is 0 Å². The Labute approximate surface area is 182 Å². The van der Waals surface area contributed by atoms with Gasteiger partial charge in [0.15, 0.2) is 11.6 Å². The first-order chi connectivity index (χ1) is 15.2. The molecular formula is C24H28N6O. The molecule has 31 heavy (non-hydrogen) atoms. The smallest absolute Gasteiger partial charge is 0.242 e. The van der Waals surface area contributed by atoms with Crippen LogP contribution in [0.3, 0.4) is 0 Å². The molecule has 0 radical (unpaired) electrons. The molecule has 0 atom stereocenters. The van der Waals surface area contributed by atoms with E-state index in [0.717, 1.165) is 37.9 Å². The van der Waals surface area contributed by atoms with Gasteiger partial charge in [-0.15, -0.1) is 0 Å². The maximum atomic E-state index is 12.2. The highest BCUT2D eigenvalue weighted by atomic mass is 16.2. The van der Waals surface area contributed by atoms with E-state index in [1.165, 1.54) is 11.9 Å². The van der Waals surface area contributed by atoms with Gasteiger partial charge in [0, 0.05) is 13.1 Å². The molecule has 1 saturated heterocycles. The molecule has 1 aliphatic heterocycles. The largest absolute Gasteiger partial charge is 0.393 e. The maximum absolute atomic E-state index is 12.2. The van der Waals surface area contributed by atoms with Crippen LogP contribution < -0.4 is 21.5 Å². The fourth-order valence-electron chi connectivity index (χ4n) is 3.99. The summed E-state index contributed by atoms with van der Waals surface area (Å²) in [6, 6.07) is 20.2. The fraction of sp³-hybridized carbons (Fsp3) is 0.292. The lowest BCUT2D eigenvalue weighted by Crippen LogP contribution is -2.36. The second-order valence-electron chi connectivity index (χ2n) is 7.92. The van der Waals surface area contributed by atoms with Gasteiger partial charge in [-0.3, -0.25) is 15.6 Å². The Morgan fingerprint density at radius 3 is 2.29 bits per heavy atom. The van der Waals surface area contributed by atoms with Gasteiger partial charge in [-0.1, -0.05) is 60.7 Å². The molecule has 1 aliphatic rings. The standard InChI is InChI=1S/C24H28N6O/c25-22-23(29-28-21(31)16-19-9-5-2-6-10-19)26-17-27-24(22)30-13-11-20(12-14-30)15-18-7-3-1-4-8-18/h1-10,17,20H,11-16,25H2,(H,28,31)(H,26,27,29). The van der Waals surface area contributed by atoms with Crippen molar-refractivity contribution in [1.29, 1.82) is 0 Å². The van der Waals surface area contributed by atoms with Crippen molar-refractivity contribution in [2.24, 2.45) is 5.92 Å². The van der Waals surface area contributed by atoms with E-state index in [4.69, 9.17) is 5.73 Å². The number of nitrogens with two attached hydrogens (primary N) is 1. The van der Waals surface area contributed by atoms with Crippen molar-refractivity contribution >= 4 is 23.2 Å². The van der Waals surface area contributed by atoms with Crippen molar-refractivity contribution in [2.75, 3.05) is 29.1 Å². The highest BCUT2D eigenvalue weighted by Crippen LogP contribution is 2.30. The predicted octanol–water partition coefficient (Wildman–Crippen LogP) is 3.20. The van der Waals surface area contributed by atoms with Crippen molar-refractivity contribution in [3.8, 4) is 0 Å². The number of anilines is 3. The number of hydrogen-bond donors (Lipinski definition) is 3. The topological polar surface area (TPSA) is 96.2 Å². The third-order valence-electron chi connectivity index (χ3n) is 5.67. The number of carbonyl (C=O) groups excluding carboxylic acids is 1. The number of hydrazine groups is 1. The van der Waals surface area contributed by atoms with E-state index in [1.54, 1.807) is 0 Å². The van der Waals surface area contributed by atoms with Gasteiger partial charge in [-0.2, -0.15) is 0 Å².